The van der Waals surface area contributed by atoms with Crippen LogP contribution < -0.4 is 114 Å². The number of carbonyl (C=O) groups excluding carboxylic acids is 20. The third kappa shape index (κ3) is 27.2. The summed E-state index contributed by atoms with van der Waals surface area (Å²) in [7, 11) is 0. The molecule has 0 N–H and O–H groups in total. The molecule has 0 aliphatic heterocycles. The van der Waals surface area contributed by atoms with E-state index in [0.717, 1.165) is 184 Å². The number of esters is 20. The molecule has 0 spiro atoms. The lowest BCUT2D eigenvalue weighted by Crippen LogP contribution is -2.15. The molecular weight excluding hydrogens is 1760 g/mol. The summed E-state index contributed by atoms with van der Waals surface area (Å²) < 4.78 is 141. The number of hydrogen-bond donors (Lipinski definition) is 0. The van der Waals surface area contributed by atoms with Crippen molar-refractivity contribution in [1.82, 2.24) is 0 Å². The highest BCUT2D eigenvalue weighted by Crippen LogP contribution is 2.66. The van der Waals surface area contributed by atoms with Gasteiger partial charge in [0.15, 0.2) is 51.7 Å². The van der Waals surface area contributed by atoms with Crippen molar-refractivity contribution >= 4 is 119 Å². The molecule has 0 radical (unpaired) electrons. The van der Waals surface area contributed by atoms with E-state index in [-0.39, 0.29) is 0 Å². The van der Waals surface area contributed by atoms with Gasteiger partial charge in [0.2, 0.25) is 23.0 Å². The minimum Gasteiger partial charge on any atom is -0.449 e. The van der Waals surface area contributed by atoms with E-state index in [1.165, 1.54) is 0 Å². The number of ether oxygens (including phenoxy) is 24. The summed E-state index contributed by atoms with van der Waals surface area (Å²) in [5, 5.41) is 0. The molecule has 0 fully saturated rings. The van der Waals surface area contributed by atoms with Crippen LogP contribution in [0, 0.1) is 0 Å². The largest absolute Gasteiger partial charge is 0.449 e. The molecule has 0 heterocycles. The van der Waals surface area contributed by atoms with Crippen LogP contribution in [0.5, 0.6) is 161 Å². The summed E-state index contributed by atoms with van der Waals surface area (Å²) in [6.07, 6.45) is 0. The summed E-state index contributed by atoms with van der Waals surface area (Å²) in [5.41, 5.74) is -6.14. The third-order valence-electron chi connectivity index (χ3n) is 15.2. The van der Waals surface area contributed by atoms with Gasteiger partial charge in [-0.15, -0.1) is 0 Å². The number of benzene rings is 8. The maximum Gasteiger partial charge on any atom is 0.308 e. The molecule has 0 aliphatic rings. The van der Waals surface area contributed by atoms with Crippen LogP contribution in [-0.2, 0) is 95.9 Å². The Morgan fingerprint density at radius 2 is 0.295 bits per heavy atom. The molecule has 132 heavy (non-hydrogen) atoms. The fraction of sp³-hybridized carbons (Fsp3) is 0.227. The second-order valence-electron chi connectivity index (χ2n) is 26.8. The van der Waals surface area contributed by atoms with Gasteiger partial charge >= 0.3 is 119 Å². The lowest BCUT2D eigenvalue weighted by molar-refractivity contribution is -0.134. The summed E-state index contributed by atoms with van der Waals surface area (Å²) in [6.45, 7) is 16.4. The van der Waals surface area contributed by atoms with E-state index in [1.54, 1.807) is 0 Å². The second-order valence-corrected chi connectivity index (χ2v) is 26.8. The smallest absolute Gasteiger partial charge is 0.308 e. The Bertz CT molecular complexity index is 5910. The number of rotatable bonds is 31. The molecule has 0 unspecified atom stereocenters. The van der Waals surface area contributed by atoms with E-state index in [0.29, 0.717) is 39.0 Å². The predicted molar refractivity (Wildman–Crippen MR) is 435 cm³/mol. The van der Waals surface area contributed by atoms with Gasteiger partial charge in [-0.2, -0.15) is 0 Å². The van der Waals surface area contributed by atoms with Crippen molar-refractivity contribution < 1.29 is 210 Å². The number of hydrogen-bond acceptors (Lipinski definition) is 44. The number of carbonyl (C=O) groups is 20. The molecule has 44 nitrogen and oxygen atoms in total. The highest BCUT2D eigenvalue weighted by Gasteiger charge is 2.43. The fourth-order valence-corrected chi connectivity index (χ4v) is 11.8. The van der Waals surface area contributed by atoms with Crippen molar-refractivity contribution in [2.75, 3.05) is 0 Å². The van der Waals surface area contributed by atoms with Crippen molar-refractivity contribution in [3.05, 3.63) is 84.9 Å². The van der Waals surface area contributed by atoms with Crippen LogP contribution in [0.25, 0.3) is 33.4 Å². The summed E-state index contributed by atoms with van der Waals surface area (Å²) >= 11 is 0. The molecule has 44 heteroatoms. The van der Waals surface area contributed by atoms with Crippen molar-refractivity contribution in [3.63, 3.8) is 0 Å². The zero-order valence-electron chi connectivity index (χ0n) is 73.0. The van der Waals surface area contributed by atoms with Gasteiger partial charge in [-0.1, -0.05) is 0 Å². The van der Waals surface area contributed by atoms with E-state index in [9.17, 15) is 95.9 Å². The Kier molecular flexibility index (Phi) is 32.5. The molecule has 0 aromatic heterocycles. The molecule has 0 aliphatic carbocycles. The topological polar surface area (TPSA) is 563 Å². The van der Waals surface area contributed by atoms with Crippen LogP contribution >= 0.6 is 0 Å². The van der Waals surface area contributed by atoms with Crippen LogP contribution in [0.15, 0.2) is 84.9 Å². The van der Waals surface area contributed by atoms with Crippen molar-refractivity contribution in [2.45, 2.75) is 138 Å². The molecule has 0 bridgehead atoms. The molecule has 0 saturated carbocycles. The molecule has 0 saturated heterocycles. The van der Waals surface area contributed by atoms with Crippen LogP contribution in [0.2, 0.25) is 0 Å². The summed E-state index contributed by atoms with van der Waals surface area (Å²) in [6, 6.07) is 11.1. The second kappa shape index (κ2) is 43.0. The molecule has 0 amide bonds. The summed E-state index contributed by atoms with van der Waals surface area (Å²) in [4.78, 5) is 271. The summed E-state index contributed by atoms with van der Waals surface area (Å²) in [5.74, 6) is -52.2. The Morgan fingerprint density at radius 3 is 0.553 bits per heavy atom. The van der Waals surface area contributed by atoms with Gasteiger partial charge in [-0.3, -0.25) is 95.9 Å². The van der Waals surface area contributed by atoms with E-state index in [1.807, 2.05) is 0 Å². The van der Waals surface area contributed by atoms with Gasteiger partial charge < -0.3 is 114 Å². The van der Waals surface area contributed by atoms with Gasteiger partial charge in [0, 0.05) is 223 Å². The first-order valence-electron chi connectivity index (χ1n) is 37.7. The van der Waals surface area contributed by atoms with Crippen LogP contribution in [0.3, 0.4) is 0 Å². The molecule has 0 atom stereocenters. The zero-order chi connectivity index (χ0) is 98.0. The lowest BCUT2D eigenvalue weighted by atomic mass is 9.91. The minimum atomic E-state index is -1.52. The average Bonchev–Trinajstić information content (AvgIpc) is 0.713. The molecule has 8 rings (SSSR count). The van der Waals surface area contributed by atoms with Crippen LogP contribution in [0.1, 0.15) is 138 Å². The van der Waals surface area contributed by atoms with Gasteiger partial charge in [-0.25, -0.2) is 0 Å². The average molecular weight is 1840 g/mol. The first-order chi connectivity index (χ1) is 61.8. The highest BCUT2D eigenvalue weighted by atomic mass is 16.6. The first-order valence-corrected chi connectivity index (χ1v) is 37.7. The van der Waals surface area contributed by atoms with Gasteiger partial charge in [0.25, 0.3) is 0 Å². The van der Waals surface area contributed by atoms with Crippen LogP contribution in [-0.4, -0.2) is 119 Å². The maximum absolute atomic E-state index is 14.5. The van der Waals surface area contributed by atoms with Gasteiger partial charge in [0.1, 0.15) is 86.2 Å². The molecular formula is C88H74O44. The van der Waals surface area contributed by atoms with Crippen molar-refractivity contribution in [2.24, 2.45) is 0 Å². The minimum absolute atomic E-state index is 0.519. The van der Waals surface area contributed by atoms with E-state index in [2.05, 4.69) is 0 Å². The fourth-order valence-electron chi connectivity index (χ4n) is 11.8. The normalized spacial score (nSPS) is 10.4. The van der Waals surface area contributed by atoms with E-state index < -0.39 is 314 Å². The van der Waals surface area contributed by atoms with E-state index >= 15 is 0 Å². The third-order valence-corrected chi connectivity index (χ3v) is 15.2. The first kappa shape index (κ1) is 99.8. The lowest BCUT2D eigenvalue weighted by Gasteiger charge is -2.28. The zero-order valence-corrected chi connectivity index (χ0v) is 73.0. The molecule has 8 aromatic rings. The Morgan fingerprint density at radius 1 is 0.121 bits per heavy atom. The maximum atomic E-state index is 14.5. The highest BCUT2D eigenvalue weighted by molar-refractivity contribution is 6.05. The molecule has 8 aromatic carbocycles. The standard InChI is InChI=1S/C88H74O44/c1-35(89)109-55-21-56(110-36(2)90)23-57(22-55)129-81-72(131-83-74(124-50(16)104)34-69(130-82-70(122-48(14)102)30-61(114-40(6)94)31-71(82)123-49(15)103)78(85(83)126-52(18)106)75-63(116-42(8)96)24-58(111-37(3)91)25-64(75)117-43(9)97)32-62(115-41(7)95)33-73(81)132-88-86(127-53(19)107)79(76-65(118-44(10)98)26-59(112-38(4)92)27-66(76)119-45(11)99)84(125-51(17)105)80(87(88)128-54(20)108)77-67(120-46(12)100)28-60(113-39(5)93)29-68(77)121-47(13)101/h21-34H,1-20H3. The van der Waals surface area contributed by atoms with Crippen molar-refractivity contribution in [1.29, 1.82) is 0 Å². The Balaban J connectivity index is 1.82. The van der Waals surface area contributed by atoms with Gasteiger partial charge in [-0.05, 0) is 0 Å². The quantitative estimate of drug-likeness (QED) is 0.0288. The Labute approximate surface area is 743 Å². The predicted octanol–water partition coefficient (Wildman–Crippen LogP) is 12.4. The van der Waals surface area contributed by atoms with Gasteiger partial charge in [0.05, 0.1) is 33.4 Å². The Hall–Kier alpha value is -17.6. The van der Waals surface area contributed by atoms with Crippen molar-refractivity contribution in [3.8, 4) is 194 Å². The molecule has 690 valence electrons. The van der Waals surface area contributed by atoms with Crippen LogP contribution in [0.4, 0.5) is 0 Å². The monoisotopic (exact) mass is 1830 g/mol. The van der Waals surface area contributed by atoms with E-state index in [4.69, 9.17) is 114 Å². The SMILES string of the molecule is CC(=O)Oc1cc(OC(C)=O)cc(Oc2c(Oc3c(OC(C)=O)cc(Oc4c(OC(C)=O)cc(OC(C)=O)cc4OC(C)=O)c(-c4c(OC(C)=O)cc(OC(C)=O)cc4OC(C)=O)c3OC(C)=O)cc(OC(C)=O)cc2Oc2c(OC(C)=O)c(-c3c(OC(C)=O)cc(OC(C)=O)cc3OC(C)=O)c(OC(C)=O)c(-c3c(OC(C)=O)cc(OC(C)=O)cc3OC(C)=O)c2OC(C)=O)c1.